The molecule has 1 aromatic heterocycles. The second kappa shape index (κ2) is 14.1. The zero-order valence-electron chi connectivity index (χ0n) is 27.9. The third-order valence-electron chi connectivity index (χ3n) is 7.00. The normalized spacial score (nSPS) is 16.6. The van der Waals surface area contributed by atoms with E-state index in [4.69, 9.17) is 14.2 Å². The lowest BCUT2D eigenvalue weighted by molar-refractivity contribution is -0.166. The quantitative estimate of drug-likeness (QED) is 0.261. The number of urea groups is 1. The fraction of sp³-hybridized carbons (Fsp3) is 0.371. The molecule has 0 bridgehead atoms. The molecule has 1 saturated heterocycles. The highest BCUT2D eigenvalue weighted by Gasteiger charge is 2.53. The van der Waals surface area contributed by atoms with E-state index in [2.05, 4.69) is 10.3 Å². The van der Waals surface area contributed by atoms with E-state index in [1.807, 2.05) is 30.3 Å². The molecular weight excluding hydrogens is 620 g/mol. The average molecular weight is 661 g/mol. The van der Waals surface area contributed by atoms with Crippen molar-refractivity contribution in [3.63, 3.8) is 0 Å². The molecule has 0 saturated carbocycles. The summed E-state index contributed by atoms with van der Waals surface area (Å²) >= 11 is 0. The van der Waals surface area contributed by atoms with Crippen LogP contribution in [0.2, 0.25) is 0 Å². The number of rotatable bonds is 8. The zero-order valence-corrected chi connectivity index (χ0v) is 27.9. The Morgan fingerprint density at radius 1 is 0.917 bits per heavy atom. The van der Waals surface area contributed by atoms with Crippen LogP contribution in [0.1, 0.15) is 76.0 Å². The molecule has 13 heteroatoms. The first-order valence-electron chi connectivity index (χ1n) is 15.3. The SMILES string of the molecule is C[C@@H](NC(=O)N1C(=O)[C@H](Cc2ccnc(N(C(=O)OC(C)(C)C)C(=O)OC(C)(C)C)c2)[C@H]1Oc1cccc(C(=O)O)c1)c1ccccc1. The van der Waals surface area contributed by atoms with Crippen molar-refractivity contribution in [3.05, 3.63) is 89.6 Å². The number of hydrogen-bond acceptors (Lipinski definition) is 9. The number of hydrogen-bond donors (Lipinski definition) is 2. The molecule has 254 valence electrons. The maximum atomic E-state index is 13.6. The number of pyridine rings is 1. The Morgan fingerprint density at radius 3 is 2.12 bits per heavy atom. The summed E-state index contributed by atoms with van der Waals surface area (Å²) in [4.78, 5) is 70.8. The lowest BCUT2D eigenvalue weighted by Gasteiger charge is -2.45. The first-order chi connectivity index (χ1) is 22.4. The number of benzene rings is 2. The van der Waals surface area contributed by atoms with E-state index in [1.54, 1.807) is 54.5 Å². The lowest BCUT2D eigenvalue weighted by atomic mass is 9.89. The van der Waals surface area contributed by atoms with Gasteiger partial charge in [-0.05, 0) is 96.3 Å². The van der Waals surface area contributed by atoms with Crippen molar-refractivity contribution < 1.29 is 43.3 Å². The van der Waals surface area contributed by atoms with Crippen LogP contribution in [0.4, 0.5) is 20.2 Å². The van der Waals surface area contributed by atoms with Gasteiger partial charge in [0.05, 0.1) is 17.5 Å². The molecule has 4 rings (SSSR count). The summed E-state index contributed by atoms with van der Waals surface area (Å²) in [5.74, 6) is -2.56. The molecule has 3 atom stereocenters. The standard InChI is InChI=1S/C35H40N4O9/c1-21(23-12-9-8-10-13-23)37-31(43)39-28(40)26(29(39)46-25-15-11-14-24(20-25)30(41)42)18-22-16-17-36-27(19-22)38(32(44)47-34(2,3)4)33(45)48-35(5,6)7/h8-17,19-21,26,29H,18H2,1-7H3,(H,37,43)(H,41,42)/t21-,26+,29-/m1/s1. The fourth-order valence-corrected chi connectivity index (χ4v) is 4.82. The van der Waals surface area contributed by atoms with Gasteiger partial charge in [0.1, 0.15) is 22.8 Å². The Bertz CT molecular complexity index is 1650. The van der Waals surface area contributed by atoms with Crippen molar-refractivity contribution in [2.45, 2.75) is 78.4 Å². The Hall–Kier alpha value is -5.46. The highest BCUT2D eigenvalue weighted by atomic mass is 16.6. The van der Waals surface area contributed by atoms with Crippen LogP contribution in [-0.4, -0.2) is 62.5 Å². The molecule has 0 unspecified atom stereocenters. The van der Waals surface area contributed by atoms with Gasteiger partial charge < -0.3 is 24.6 Å². The average Bonchev–Trinajstić information content (AvgIpc) is 2.98. The molecule has 1 aliphatic rings. The number of nitrogens with one attached hydrogen (secondary N) is 1. The van der Waals surface area contributed by atoms with Crippen LogP contribution in [0, 0.1) is 5.92 Å². The van der Waals surface area contributed by atoms with Crippen molar-refractivity contribution in [1.29, 1.82) is 0 Å². The minimum Gasteiger partial charge on any atom is -0.478 e. The molecule has 2 N–H and O–H groups in total. The predicted octanol–water partition coefficient (Wildman–Crippen LogP) is 6.33. The van der Waals surface area contributed by atoms with Crippen molar-refractivity contribution in [2.75, 3.05) is 4.90 Å². The van der Waals surface area contributed by atoms with E-state index in [0.29, 0.717) is 10.5 Å². The van der Waals surface area contributed by atoms with Crippen LogP contribution in [0.25, 0.3) is 0 Å². The van der Waals surface area contributed by atoms with Gasteiger partial charge in [0, 0.05) is 6.20 Å². The summed E-state index contributed by atoms with van der Waals surface area (Å²) in [6.45, 7) is 11.7. The van der Waals surface area contributed by atoms with Crippen LogP contribution in [0.3, 0.4) is 0 Å². The van der Waals surface area contributed by atoms with E-state index in [-0.39, 0.29) is 23.6 Å². The second-order valence-electron chi connectivity index (χ2n) is 13.3. The van der Waals surface area contributed by atoms with Crippen LogP contribution >= 0.6 is 0 Å². The van der Waals surface area contributed by atoms with Gasteiger partial charge in [-0.2, -0.15) is 4.90 Å². The zero-order chi connectivity index (χ0) is 35.4. The number of likely N-dealkylation sites (tertiary alicyclic amines) is 1. The van der Waals surface area contributed by atoms with E-state index in [1.165, 1.54) is 36.5 Å². The number of aromatic nitrogens is 1. The van der Waals surface area contributed by atoms with Gasteiger partial charge in [-0.3, -0.25) is 4.79 Å². The summed E-state index contributed by atoms with van der Waals surface area (Å²) in [6, 6.07) is 16.8. The molecule has 2 aromatic carbocycles. The number of aromatic carboxylic acids is 1. The highest BCUT2D eigenvalue weighted by molar-refractivity contribution is 6.08. The van der Waals surface area contributed by atoms with Crippen molar-refractivity contribution >= 4 is 35.9 Å². The Labute approximate surface area is 278 Å². The van der Waals surface area contributed by atoms with Crippen LogP contribution in [0.15, 0.2) is 72.9 Å². The monoisotopic (exact) mass is 660 g/mol. The van der Waals surface area contributed by atoms with Gasteiger partial charge in [0.2, 0.25) is 5.91 Å². The van der Waals surface area contributed by atoms with E-state index in [9.17, 15) is 29.1 Å². The third kappa shape index (κ3) is 8.87. The number of imide groups is 2. The maximum Gasteiger partial charge on any atom is 0.425 e. The summed E-state index contributed by atoms with van der Waals surface area (Å²) in [5, 5.41) is 12.3. The van der Waals surface area contributed by atoms with E-state index in [0.717, 1.165) is 10.5 Å². The Balaban J connectivity index is 1.63. The van der Waals surface area contributed by atoms with E-state index >= 15 is 0 Å². The largest absolute Gasteiger partial charge is 0.478 e. The minimum atomic E-state index is -1.17. The van der Waals surface area contributed by atoms with Gasteiger partial charge in [-0.1, -0.05) is 36.4 Å². The van der Waals surface area contributed by atoms with Gasteiger partial charge in [0.25, 0.3) is 0 Å². The first-order valence-corrected chi connectivity index (χ1v) is 15.3. The van der Waals surface area contributed by atoms with Crippen molar-refractivity contribution in [1.82, 2.24) is 15.2 Å². The molecule has 0 spiro atoms. The Morgan fingerprint density at radius 2 is 1.54 bits per heavy atom. The van der Waals surface area contributed by atoms with Crippen molar-refractivity contribution in [3.8, 4) is 5.75 Å². The fourth-order valence-electron chi connectivity index (χ4n) is 4.82. The summed E-state index contributed by atoms with van der Waals surface area (Å²) in [6.07, 6.45) is -1.74. The molecule has 1 fully saturated rings. The van der Waals surface area contributed by atoms with Crippen LogP contribution < -0.4 is 15.0 Å². The molecule has 5 amide bonds. The number of carbonyl (C=O) groups excluding carboxylic acids is 4. The smallest absolute Gasteiger partial charge is 0.425 e. The molecule has 3 aromatic rings. The van der Waals surface area contributed by atoms with Gasteiger partial charge in [-0.25, -0.2) is 29.1 Å². The molecule has 0 aliphatic carbocycles. The number of β-lactam (4-membered cyclic amide) rings is 1. The molecular formula is C35H40N4O9. The number of carboxylic acid groups (broad SMARTS) is 1. The van der Waals surface area contributed by atoms with E-state index < -0.39 is 59.5 Å². The first kappa shape index (κ1) is 35.4. The molecule has 2 heterocycles. The summed E-state index contributed by atoms with van der Waals surface area (Å²) in [5.41, 5.74) is -0.589. The molecule has 1 aliphatic heterocycles. The van der Waals surface area contributed by atoms with Crippen LogP contribution in [0.5, 0.6) is 5.75 Å². The molecule has 48 heavy (non-hydrogen) atoms. The topological polar surface area (TPSA) is 165 Å². The summed E-state index contributed by atoms with van der Waals surface area (Å²) < 4.78 is 17.0. The minimum absolute atomic E-state index is 0.0200. The molecule has 0 radical (unpaired) electrons. The second-order valence-corrected chi connectivity index (χ2v) is 13.3. The number of amides is 5. The number of anilines is 1. The van der Waals surface area contributed by atoms with Crippen molar-refractivity contribution in [2.24, 2.45) is 5.92 Å². The van der Waals surface area contributed by atoms with Gasteiger partial charge in [0.15, 0.2) is 6.23 Å². The maximum absolute atomic E-state index is 13.6. The molecule has 13 nitrogen and oxygen atoms in total. The van der Waals surface area contributed by atoms with Gasteiger partial charge in [-0.15, -0.1) is 0 Å². The van der Waals surface area contributed by atoms with Crippen LogP contribution in [-0.2, 0) is 20.7 Å². The highest BCUT2D eigenvalue weighted by Crippen LogP contribution is 2.34. The predicted molar refractivity (Wildman–Crippen MR) is 174 cm³/mol. The van der Waals surface area contributed by atoms with Gasteiger partial charge >= 0.3 is 24.2 Å². The number of carbonyl (C=O) groups is 5. The number of nitrogens with zero attached hydrogens (tertiary/aromatic N) is 3. The number of carboxylic acids is 1. The third-order valence-corrected chi connectivity index (χ3v) is 7.00. The Kier molecular flexibility index (Phi) is 10.4. The summed E-state index contributed by atoms with van der Waals surface area (Å²) in [7, 11) is 0. The lowest BCUT2D eigenvalue weighted by Crippen LogP contribution is -2.68. The number of ether oxygens (including phenoxy) is 3.